The number of hydrogen-bond acceptors (Lipinski definition) is 6. The van der Waals surface area contributed by atoms with Crippen molar-refractivity contribution in [3.05, 3.63) is 62.7 Å². The number of rotatable bonds is 7. The van der Waals surface area contributed by atoms with Gasteiger partial charge < -0.3 is 15.4 Å². The van der Waals surface area contributed by atoms with Gasteiger partial charge in [0.05, 0.1) is 26.8 Å². The van der Waals surface area contributed by atoms with E-state index in [-0.39, 0.29) is 27.6 Å². The van der Waals surface area contributed by atoms with Gasteiger partial charge in [-0.2, -0.15) is 13.2 Å². The number of nitrogens with zero attached hydrogens (tertiary/aromatic N) is 1. The van der Waals surface area contributed by atoms with E-state index in [0.29, 0.717) is 12.6 Å². The van der Waals surface area contributed by atoms with Crippen LogP contribution in [0.15, 0.2) is 36.4 Å². The summed E-state index contributed by atoms with van der Waals surface area (Å²) in [6, 6.07) is 5.98. The predicted molar refractivity (Wildman–Crippen MR) is 107 cm³/mol. The van der Waals surface area contributed by atoms with Crippen LogP contribution in [0, 0.1) is 10.1 Å². The molecule has 1 atom stereocenters. The second kappa shape index (κ2) is 9.65. The number of carbonyl (C=O) groups is 2. The van der Waals surface area contributed by atoms with Crippen LogP contribution in [-0.4, -0.2) is 29.4 Å². The Bertz CT molecular complexity index is 1010. The summed E-state index contributed by atoms with van der Waals surface area (Å²) in [4.78, 5) is 35.1. The number of ether oxygens (including phenoxy) is 1. The molecule has 2 aromatic carbocycles. The second-order valence-electron chi connectivity index (χ2n) is 6.25. The molecular formula is C19H17ClF3N3O5. The summed E-state index contributed by atoms with van der Waals surface area (Å²) in [6.45, 7) is 3.35. The SMILES string of the molecule is CCNc1ccc(C(=O)OC(C)C(=O)Nc2cc(C(F)(F)F)ccc2Cl)cc1[N+](=O)[O-]. The van der Waals surface area contributed by atoms with Gasteiger partial charge in [-0.1, -0.05) is 11.6 Å². The molecule has 0 saturated carbocycles. The zero-order valence-electron chi connectivity index (χ0n) is 16.2. The Hall–Kier alpha value is -3.34. The first-order chi connectivity index (χ1) is 14.4. The summed E-state index contributed by atoms with van der Waals surface area (Å²) in [5, 5.41) is 16.0. The number of nitrogens with one attached hydrogen (secondary N) is 2. The third-order valence-corrected chi connectivity index (χ3v) is 4.33. The normalized spacial score (nSPS) is 12.1. The van der Waals surface area contributed by atoms with Gasteiger partial charge in [0.2, 0.25) is 0 Å². The van der Waals surface area contributed by atoms with Gasteiger partial charge in [-0.05, 0) is 44.2 Å². The smallest absolute Gasteiger partial charge is 0.416 e. The molecule has 1 unspecified atom stereocenters. The van der Waals surface area contributed by atoms with Crippen molar-refractivity contribution in [2.24, 2.45) is 0 Å². The topological polar surface area (TPSA) is 111 Å². The van der Waals surface area contributed by atoms with E-state index in [0.717, 1.165) is 18.2 Å². The lowest BCUT2D eigenvalue weighted by Gasteiger charge is -2.16. The van der Waals surface area contributed by atoms with Crippen LogP contribution >= 0.6 is 11.6 Å². The molecule has 2 rings (SSSR count). The fourth-order valence-corrected chi connectivity index (χ4v) is 2.63. The highest BCUT2D eigenvalue weighted by atomic mass is 35.5. The number of alkyl halides is 3. The summed E-state index contributed by atoms with van der Waals surface area (Å²) in [7, 11) is 0. The molecule has 0 fully saturated rings. The molecule has 2 aromatic rings. The highest BCUT2D eigenvalue weighted by Gasteiger charge is 2.31. The number of nitro groups is 1. The largest absolute Gasteiger partial charge is 0.449 e. The van der Waals surface area contributed by atoms with Crippen LogP contribution in [0.3, 0.4) is 0 Å². The standard InChI is InChI=1S/C19H17ClF3N3O5/c1-3-24-14-7-4-11(8-16(14)26(29)30)18(28)31-10(2)17(27)25-15-9-12(19(21,22)23)5-6-13(15)20/h4-10,24H,3H2,1-2H3,(H,25,27). The molecule has 12 heteroatoms. The first-order valence-electron chi connectivity index (χ1n) is 8.85. The predicted octanol–water partition coefficient (Wildman–Crippen LogP) is 4.88. The van der Waals surface area contributed by atoms with Gasteiger partial charge >= 0.3 is 12.1 Å². The van der Waals surface area contributed by atoms with Crippen LogP contribution in [0.1, 0.15) is 29.8 Å². The molecular weight excluding hydrogens is 443 g/mol. The number of amides is 1. The van der Waals surface area contributed by atoms with Crippen molar-refractivity contribution in [1.29, 1.82) is 0 Å². The Balaban J connectivity index is 2.14. The number of benzene rings is 2. The first-order valence-corrected chi connectivity index (χ1v) is 9.22. The zero-order valence-corrected chi connectivity index (χ0v) is 17.0. The molecule has 31 heavy (non-hydrogen) atoms. The lowest BCUT2D eigenvalue weighted by atomic mass is 10.1. The van der Waals surface area contributed by atoms with Gasteiger partial charge in [0.15, 0.2) is 6.10 Å². The molecule has 0 aliphatic carbocycles. The summed E-state index contributed by atoms with van der Waals surface area (Å²) in [6.07, 6.45) is -6.07. The van der Waals surface area contributed by atoms with Crippen LogP contribution in [0.5, 0.6) is 0 Å². The first kappa shape index (κ1) is 23.9. The molecule has 0 saturated heterocycles. The molecule has 166 valence electrons. The van der Waals surface area contributed by atoms with Crippen molar-refractivity contribution < 1.29 is 32.4 Å². The third kappa shape index (κ3) is 6.07. The number of esters is 1. The van der Waals surface area contributed by atoms with Crippen LogP contribution in [-0.2, 0) is 15.7 Å². The maximum absolute atomic E-state index is 12.8. The lowest BCUT2D eigenvalue weighted by molar-refractivity contribution is -0.384. The molecule has 1 amide bonds. The average molecular weight is 460 g/mol. The highest BCUT2D eigenvalue weighted by molar-refractivity contribution is 6.33. The van der Waals surface area contributed by atoms with E-state index in [2.05, 4.69) is 10.6 Å². The van der Waals surface area contributed by atoms with Gasteiger partial charge in [-0.3, -0.25) is 14.9 Å². The van der Waals surface area contributed by atoms with E-state index in [1.807, 2.05) is 0 Å². The van der Waals surface area contributed by atoms with Crippen molar-refractivity contribution in [1.82, 2.24) is 0 Å². The number of carbonyl (C=O) groups excluding carboxylic acids is 2. The Morgan fingerprint density at radius 1 is 1.19 bits per heavy atom. The summed E-state index contributed by atoms with van der Waals surface area (Å²) in [5.41, 5.74) is -1.66. The Kier molecular flexibility index (Phi) is 7.45. The number of nitro benzene ring substituents is 1. The van der Waals surface area contributed by atoms with Gasteiger partial charge in [-0.15, -0.1) is 0 Å². The summed E-state index contributed by atoms with van der Waals surface area (Å²) < 4.78 is 43.5. The van der Waals surface area contributed by atoms with E-state index in [4.69, 9.17) is 16.3 Å². The van der Waals surface area contributed by atoms with Gasteiger partial charge in [0.25, 0.3) is 11.6 Å². The van der Waals surface area contributed by atoms with Crippen molar-refractivity contribution in [3.8, 4) is 0 Å². The molecule has 0 radical (unpaired) electrons. The average Bonchev–Trinajstić information content (AvgIpc) is 2.68. The minimum absolute atomic E-state index is 0.144. The zero-order chi connectivity index (χ0) is 23.3. The van der Waals surface area contributed by atoms with Crippen molar-refractivity contribution >= 4 is 40.5 Å². The molecule has 8 nitrogen and oxygen atoms in total. The number of hydrogen-bond donors (Lipinski definition) is 2. The Morgan fingerprint density at radius 3 is 2.45 bits per heavy atom. The van der Waals surface area contributed by atoms with Crippen LogP contribution < -0.4 is 10.6 Å². The molecule has 0 aliphatic heterocycles. The molecule has 0 aromatic heterocycles. The van der Waals surface area contributed by atoms with Gasteiger partial charge in [0, 0.05) is 12.6 Å². The van der Waals surface area contributed by atoms with Crippen molar-refractivity contribution in [3.63, 3.8) is 0 Å². The second-order valence-corrected chi connectivity index (χ2v) is 6.66. The Morgan fingerprint density at radius 2 is 1.87 bits per heavy atom. The maximum atomic E-state index is 12.8. The van der Waals surface area contributed by atoms with Gasteiger partial charge in [0.1, 0.15) is 5.69 Å². The minimum Gasteiger partial charge on any atom is -0.449 e. The summed E-state index contributed by atoms with van der Waals surface area (Å²) >= 11 is 5.82. The number of anilines is 2. The van der Waals surface area contributed by atoms with Crippen molar-refractivity contribution in [2.45, 2.75) is 26.1 Å². The number of halogens is 4. The van der Waals surface area contributed by atoms with E-state index in [9.17, 15) is 32.9 Å². The summed E-state index contributed by atoms with van der Waals surface area (Å²) in [5.74, 6) is -1.96. The van der Waals surface area contributed by atoms with E-state index >= 15 is 0 Å². The quantitative estimate of drug-likeness (QED) is 0.347. The van der Waals surface area contributed by atoms with Crippen LogP contribution in [0.4, 0.5) is 30.2 Å². The lowest BCUT2D eigenvalue weighted by Crippen LogP contribution is -2.30. The minimum atomic E-state index is -4.64. The van der Waals surface area contributed by atoms with E-state index < -0.39 is 34.6 Å². The van der Waals surface area contributed by atoms with Crippen LogP contribution in [0.2, 0.25) is 5.02 Å². The molecule has 0 heterocycles. The molecule has 0 spiro atoms. The monoisotopic (exact) mass is 459 g/mol. The maximum Gasteiger partial charge on any atom is 0.416 e. The molecule has 0 aliphatic rings. The van der Waals surface area contributed by atoms with Crippen LogP contribution in [0.25, 0.3) is 0 Å². The fourth-order valence-electron chi connectivity index (χ4n) is 2.46. The van der Waals surface area contributed by atoms with Gasteiger partial charge in [-0.25, -0.2) is 4.79 Å². The highest BCUT2D eigenvalue weighted by Crippen LogP contribution is 2.34. The van der Waals surface area contributed by atoms with E-state index in [1.54, 1.807) is 6.92 Å². The fraction of sp³-hybridized carbons (Fsp3) is 0.263. The molecule has 0 bridgehead atoms. The van der Waals surface area contributed by atoms with E-state index in [1.165, 1.54) is 19.1 Å². The Labute approximate surface area is 179 Å². The van der Waals surface area contributed by atoms with Crippen molar-refractivity contribution in [2.75, 3.05) is 17.2 Å². The third-order valence-electron chi connectivity index (χ3n) is 4.00. The molecule has 2 N–H and O–H groups in total.